The highest BCUT2D eigenvalue weighted by atomic mass is 35.5. The summed E-state index contributed by atoms with van der Waals surface area (Å²) in [5, 5.41) is 10.3. The quantitative estimate of drug-likeness (QED) is 0.714. The van der Waals surface area contributed by atoms with E-state index in [1.165, 1.54) is 24.3 Å². The van der Waals surface area contributed by atoms with Gasteiger partial charge in [-0.2, -0.15) is 0 Å². The van der Waals surface area contributed by atoms with Crippen LogP contribution in [0.15, 0.2) is 48.2 Å². The molecule has 4 rings (SSSR count). The Hall–Kier alpha value is -2.41. The third-order valence-corrected chi connectivity index (χ3v) is 5.97. The third kappa shape index (κ3) is 3.71. The lowest BCUT2D eigenvalue weighted by Crippen LogP contribution is -2.40. The normalized spacial score (nSPS) is 19.8. The number of carbonyl (C=O) groups excluding carboxylic acids is 2. The predicted octanol–water partition coefficient (Wildman–Crippen LogP) is 4.12. The van der Waals surface area contributed by atoms with E-state index < -0.39 is 17.6 Å². The number of halogens is 3. The number of anilines is 1. The molecule has 1 unspecified atom stereocenters. The first kappa shape index (κ1) is 20.8. The van der Waals surface area contributed by atoms with Crippen LogP contribution in [0.5, 0.6) is 0 Å². The molecule has 0 spiro atoms. The van der Waals surface area contributed by atoms with E-state index in [9.17, 15) is 19.1 Å². The summed E-state index contributed by atoms with van der Waals surface area (Å²) in [4.78, 5) is 29.7. The summed E-state index contributed by atoms with van der Waals surface area (Å²) in [6.07, 6.45) is 1.62. The van der Waals surface area contributed by atoms with Gasteiger partial charge in [-0.05, 0) is 49.1 Å². The van der Waals surface area contributed by atoms with E-state index in [0.29, 0.717) is 23.7 Å². The van der Waals surface area contributed by atoms with Gasteiger partial charge in [0.2, 0.25) is 0 Å². The van der Waals surface area contributed by atoms with E-state index >= 15 is 0 Å². The third-order valence-electron chi connectivity index (χ3n) is 5.42. The maximum atomic E-state index is 13.8. The zero-order chi connectivity index (χ0) is 21.4. The summed E-state index contributed by atoms with van der Waals surface area (Å²) < 4.78 is 13.8. The zero-order valence-corrected chi connectivity index (χ0v) is 17.5. The molecule has 0 radical (unpaired) electrons. The van der Waals surface area contributed by atoms with Crippen molar-refractivity contribution in [1.82, 2.24) is 4.90 Å². The highest BCUT2D eigenvalue weighted by Gasteiger charge is 2.44. The van der Waals surface area contributed by atoms with Gasteiger partial charge in [0, 0.05) is 30.3 Å². The van der Waals surface area contributed by atoms with Gasteiger partial charge in [-0.25, -0.2) is 9.29 Å². The summed E-state index contributed by atoms with van der Waals surface area (Å²) in [6, 6.07) is 10.1. The van der Waals surface area contributed by atoms with Crippen molar-refractivity contribution >= 4 is 46.3 Å². The second-order valence-corrected chi connectivity index (χ2v) is 8.25. The Morgan fingerprint density at radius 2 is 1.90 bits per heavy atom. The molecule has 2 heterocycles. The van der Waals surface area contributed by atoms with Gasteiger partial charge in [0.25, 0.3) is 11.8 Å². The molecule has 5 nitrogen and oxygen atoms in total. The van der Waals surface area contributed by atoms with Crippen LogP contribution in [0, 0.1) is 11.7 Å². The summed E-state index contributed by atoms with van der Waals surface area (Å²) in [5.74, 6) is -1.66. The number of aliphatic hydroxyl groups is 1. The molecular formula is C22H19Cl2FN2O3. The van der Waals surface area contributed by atoms with Crippen LogP contribution in [0.3, 0.4) is 0 Å². The minimum atomic E-state index is -0.573. The van der Waals surface area contributed by atoms with Gasteiger partial charge in [-0.3, -0.25) is 9.59 Å². The molecule has 0 bridgehead atoms. The molecule has 0 aromatic heterocycles. The molecule has 8 heteroatoms. The fourth-order valence-electron chi connectivity index (χ4n) is 4.01. The second kappa shape index (κ2) is 8.38. The van der Waals surface area contributed by atoms with Crippen LogP contribution in [0.1, 0.15) is 18.4 Å². The van der Waals surface area contributed by atoms with Crippen molar-refractivity contribution in [2.75, 3.05) is 24.6 Å². The van der Waals surface area contributed by atoms with Crippen molar-refractivity contribution in [2.45, 2.75) is 12.8 Å². The van der Waals surface area contributed by atoms with Crippen molar-refractivity contribution < 1.29 is 19.1 Å². The topological polar surface area (TPSA) is 60.9 Å². The maximum absolute atomic E-state index is 13.8. The monoisotopic (exact) mass is 448 g/mol. The number of nitrogens with zero attached hydrogens (tertiary/aromatic N) is 2. The SMILES string of the molecule is O=C1C(c2ccc(Cl)cc2Cl)=C(N2CCCC(CO)C2)C(=O)N1c1cccc(F)c1. The number of carbonyl (C=O) groups is 2. The van der Waals surface area contributed by atoms with Crippen LogP contribution < -0.4 is 4.90 Å². The Kier molecular flexibility index (Phi) is 5.82. The fraction of sp³-hybridized carbons (Fsp3) is 0.273. The molecule has 2 aliphatic heterocycles. The van der Waals surface area contributed by atoms with E-state index in [-0.39, 0.29) is 34.5 Å². The smallest absolute Gasteiger partial charge is 0.282 e. The number of imide groups is 1. The number of likely N-dealkylation sites (tertiary alicyclic amines) is 1. The van der Waals surface area contributed by atoms with E-state index in [4.69, 9.17) is 23.2 Å². The van der Waals surface area contributed by atoms with Crippen LogP contribution in [0.4, 0.5) is 10.1 Å². The Balaban J connectivity index is 1.85. The van der Waals surface area contributed by atoms with Crippen LogP contribution in [0.2, 0.25) is 10.0 Å². The van der Waals surface area contributed by atoms with Crippen molar-refractivity contribution in [1.29, 1.82) is 0 Å². The first-order chi connectivity index (χ1) is 14.4. The molecule has 1 N–H and O–H groups in total. The first-order valence-corrected chi connectivity index (χ1v) is 10.4. The Morgan fingerprint density at radius 1 is 1.10 bits per heavy atom. The lowest BCUT2D eigenvalue weighted by molar-refractivity contribution is -0.120. The van der Waals surface area contributed by atoms with E-state index in [1.54, 1.807) is 12.1 Å². The molecule has 156 valence electrons. The second-order valence-electron chi connectivity index (χ2n) is 7.41. The minimum absolute atomic E-state index is 0.000637. The van der Waals surface area contributed by atoms with Crippen molar-refractivity contribution in [2.24, 2.45) is 5.92 Å². The van der Waals surface area contributed by atoms with Gasteiger partial charge in [-0.1, -0.05) is 35.3 Å². The molecule has 0 saturated carbocycles. The molecule has 1 atom stereocenters. The highest BCUT2D eigenvalue weighted by Crippen LogP contribution is 2.39. The predicted molar refractivity (Wildman–Crippen MR) is 114 cm³/mol. The molecule has 2 amide bonds. The highest BCUT2D eigenvalue weighted by molar-refractivity contribution is 6.47. The number of hydrogen-bond acceptors (Lipinski definition) is 4. The number of aliphatic hydroxyl groups excluding tert-OH is 1. The molecule has 2 aromatic rings. The fourth-order valence-corrected chi connectivity index (χ4v) is 4.52. The van der Waals surface area contributed by atoms with E-state index in [0.717, 1.165) is 23.8 Å². The lowest BCUT2D eigenvalue weighted by Gasteiger charge is -2.34. The molecular weight excluding hydrogens is 430 g/mol. The van der Waals surface area contributed by atoms with Gasteiger partial charge in [0.1, 0.15) is 11.5 Å². The minimum Gasteiger partial charge on any atom is -0.396 e. The molecule has 30 heavy (non-hydrogen) atoms. The average Bonchev–Trinajstić information content (AvgIpc) is 2.98. The van der Waals surface area contributed by atoms with E-state index in [1.807, 2.05) is 4.90 Å². The summed E-state index contributed by atoms with van der Waals surface area (Å²) >= 11 is 12.4. The number of piperidine rings is 1. The van der Waals surface area contributed by atoms with Crippen LogP contribution in [0.25, 0.3) is 5.57 Å². The van der Waals surface area contributed by atoms with E-state index in [2.05, 4.69) is 0 Å². The average molecular weight is 449 g/mol. The van der Waals surface area contributed by atoms with Crippen molar-refractivity contribution in [3.05, 3.63) is 69.6 Å². The van der Waals surface area contributed by atoms with Gasteiger partial charge < -0.3 is 10.0 Å². The molecule has 2 aromatic carbocycles. The van der Waals surface area contributed by atoms with Gasteiger partial charge >= 0.3 is 0 Å². The number of benzene rings is 2. The number of rotatable bonds is 4. The molecule has 1 saturated heterocycles. The van der Waals surface area contributed by atoms with Crippen molar-refractivity contribution in [3.8, 4) is 0 Å². The molecule has 1 fully saturated rings. The standard InChI is InChI=1S/C22H19Cl2FN2O3/c23-14-6-7-17(18(24)9-14)19-20(26-8-2-3-13(11-26)12-28)22(30)27(21(19)29)16-5-1-4-15(25)10-16/h1,4-7,9-10,13,28H,2-3,8,11-12H2. The van der Waals surface area contributed by atoms with Crippen LogP contribution >= 0.6 is 23.2 Å². The number of hydrogen-bond donors (Lipinski definition) is 1. The first-order valence-electron chi connectivity index (χ1n) is 9.60. The van der Waals surface area contributed by atoms with Gasteiger partial charge in [-0.15, -0.1) is 0 Å². The summed E-state index contributed by atoms with van der Waals surface area (Å²) in [5.41, 5.74) is 0.911. The maximum Gasteiger partial charge on any atom is 0.282 e. The Morgan fingerprint density at radius 3 is 2.60 bits per heavy atom. The number of amides is 2. The Bertz CT molecular complexity index is 1060. The zero-order valence-electron chi connectivity index (χ0n) is 15.9. The summed E-state index contributed by atoms with van der Waals surface area (Å²) in [6.45, 7) is 1.00. The van der Waals surface area contributed by atoms with Crippen LogP contribution in [-0.4, -0.2) is 41.5 Å². The van der Waals surface area contributed by atoms with Gasteiger partial charge in [0.05, 0.1) is 16.3 Å². The van der Waals surface area contributed by atoms with Crippen molar-refractivity contribution in [3.63, 3.8) is 0 Å². The lowest BCUT2D eigenvalue weighted by atomic mass is 9.97. The molecule has 0 aliphatic carbocycles. The largest absolute Gasteiger partial charge is 0.396 e. The summed E-state index contributed by atoms with van der Waals surface area (Å²) in [7, 11) is 0. The molecule has 2 aliphatic rings. The van der Waals surface area contributed by atoms with Gasteiger partial charge in [0.15, 0.2) is 0 Å². The Labute approximate surface area is 183 Å². The van der Waals surface area contributed by atoms with Crippen LogP contribution in [-0.2, 0) is 9.59 Å².